The first-order valence-corrected chi connectivity index (χ1v) is 8.20. The lowest BCUT2D eigenvalue weighted by Crippen LogP contribution is -2.45. The van der Waals surface area contributed by atoms with E-state index in [2.05, 4.69) is 28.5 Å². The highest BCUT2D eigenvalue weighted by atomic mass is 16.5. The van der Waals surface area contributed by atoms with Crippen LogP contribution in [0.4, 0.5) is 0 Å². The van der Waals surface area contributed by atoms with E-state index < -0.39 is 0 Å². The molecule has 0 radical (unpaired) electrons. The van der Waals surface area contributed by atoms with E-state index >= 15 is 0 Å². The van der Waals surface area contributed by atoms with E-state index in [-0.39, 0.29) is 11.8 Å². The highest BCUT2D eigenvalue weighted by molar-refractivity contribution is 6.01. The largest absolute Gasteiger partial charge is 0.379 e. The number of benzene rings is 1. The summed E-state index contributed by atoms with van der Waals surface area (Å²) in [6, 6.07) is 12.1. The fourth-order valence-electron chi connectivity index (χ4n) is 3.34. The molecule has 0 spiro atoms. The summed E-state index contributed by atoms with van der Waals surface area (Å²) in [6.07, 6.45) is 0. The Balaban J connectivity index is 1.90. The third-order valence-electron chi connectivity index (χ3n) is 4.68. The molecule has 2 aromatic rings. The third kappa shape index (κ3) is 3.09. The zero-order chi connectivity index (χ0) is 16.4. The molecule has 1 aliphatic rings. The molecule has 0 unspecified atom stereocenters. The molecule has 23 heavy (non-hydrogen) atoms. The first-order chi connectivity index (χ1) is 11.1. The van der Waals surface area contributed by atoms with Gasteiger partial charge in [0.05, 0.1) is 19.3 Å². The lowest BCUT2D eigenvalue weighted by atomic mass is 10.0. The van der Waals surface area contributed by atoms with Gasteiger partial charge >= 0.3 is 0 Å². The number of Topliss-reactive ketones (excluding diaryl/α,β-unsaturated/α-hetero) is 1. The van der Waals surface area contributed by atoms with Gasteiger partial charge in [0.15, 0.2) is 5.78 Å². The molecule has 0 saturated carbocycles. The lowest BCUT2D eigenvalue weighted by molar-refractivity contribution is 0.0208. The van der Waals surface area contributed by atoms with E-state index in [0.717, 1.165) is 35.7 Å². The van der Waals surface area contributed by atoms with E-state index in [9.17, 15) is 4.79 Å². The zero-order valence-corrected chi connectivity index (χ0v) is 14.1. The highest BCUT2D eigenvalue weighted by Crippen LogP contribution is 2.23. The number of carbonyl (C=O) groups excluding carboxylic acids is 1. The predicted octanol–water partition coefficient (Wildman–Crippen LogP) is 3.00. The predicted molar refractivity (Wildman–Crippen MR) is 91.4 cm³/mol. The molecule has 0 amide bonds. The van der Waals surface area contributed by atoms with Crippen LogP contribution in [-0.4, -0.2) is 47.6 Å². The molecule has 1 aromatic heterocycles. The van der Waals surface area contributed by atoms with Gasteiger partial charge in [0.2, 0.25) is 0 Å². The standard InChI is InChI=1S/C19H24N2O2/c1-14-13-18(15(2)21(14)17-7-5-4-6-8-17)19(22)16(3)20-9-11-23-12-10-20/h4-8,13,16H,9-12H2,1-3H3/t16-/m1/s1. The second kappa shape index (κ2) is 6.69. The van der Waals surface area contributed by atoms with Crippen molar-refractivity contribution in [1.82, 2.24) is 9.47 Å². The zero-order valence-electron chi connectivity index (χ0n) is 14.1. The average molecular weight is 312 g/mol. The molecule has 1 aliphatic heterocycles. The van der Waals surface area contributed by atoms with Gasteiger partial charge < -0.3 is 9.30 Å². The van der Waals surface area contributed by atoms with E-state index in [1.165, 1.54) is 0 Å². The van der Waals surface area contributed by atoms with Crippen molar-refractivity contribution in [3.63, 3.8) is 0 Å². The third-order valence-corrected chi connectivity index (χ3v) is 4.68. The monoisotopic (exact) mass is 312 g/mol. The summed E-state index contributed by atoms with van der Waals surface area (Å²) in [4.78, 5) is 15.2. The van der Waals surface area contributed by atoms with Crippen molar-refractivity contribution in [2.75, 3.05) is 26.3 Å². The van der Waals surface area contributed by atoms with Crippen molar-refractivity contribution >= 4 is 5.78 Å². The minimum Gasteiger partial charge on any atom is -0.379 e. The molecule has 0 aliphatic carbocycles. The molecule has 0 N–H and O–H groups in total. The fraction of sp³-hybridized carbons (Fsp3) is 0.421. The molecular weight excluding hydrogens is 288 g/mol. The molecule has 1 aromatic carbocycles. The molecule has 0 bridgehead atoms. The normalized spacial score (nSPS) is 17.2. The highest BCUT2D eigenvalue weighted by Gasteiger charge is 2.27. The summed E-state index contributed by atoms with van der Waals surface area (Å²) in [6.45, 7) is 9.15. The lowest BCUT2D eigenvalue weighted by Gasteiger charge is -2.31. The number of nitrogens with zero attached hydrogens (tertiary/aromatic N) is 2. The fourth-order valence-corrected chi connectivity index (χ4v) is 3.34. The Morgan fingerprint density at radius 3 is 2.43 bits per heavy atom. The van der Waals surface area contributed by atoms with Crippen molar-refractivity contribution in [1.29, 1.82) is 0 Å². The van der Waals surface area contributed by atoms with E-state index in [4.69, 9.17) is 4.74 Å². The summed E-state index contributed by atoms with van der Waals surface area (Å²) in [5.41, 5.74) is 4.02. The second-order valence-electron chi connectivity index (χ2n) is 6.14. The van der Waals surface area contributed by atoms with E-state index in [0.29, 0.717) is 13.2 Å². The number of ether oxygens (including phenoxy) is 1. The number of hydrogen-bond donors (Lipinski definition) is 0. The molecule has 1 saturated heterocycles. The van der Waals surface area contributed by atoms with Crippen molar-refractivity contribution in [2.45, 2.75) is 26.8 Å². The first-order valence-electron chi connectivity index (χ1n) is 8.20. The molecule has 3 rings (SSSR count). The molecule has 2 heterocycles. The Morgan fingerprint density at radius 1 is 1.13 bits per heavy atom. The number of carbonyl (C=O) groups is 1. The van der Waals surface area contributed by atoms with Crippen molar-refractivity contribution in [3.8, 4) is 5.69 Å². The number of morpholine rings is 1. The van der Waals surface area contributed by atoms with Crippen LogP contribution >= 0.6 is 0 Å². The van der Waals surface area contributed by atoms with Crippen molar-refractivity contribution < 1.29 is 9.53 Å². The van der Waals surface area contributed by atoms with Crippen LogP contribution in [0.3, 0.4) is 0 Å². The molecule has 1 fully saturated rings. The number of rotatable bonds is 4. The molecule has 4 heteroatoms. The summed E-state index contributed by atoms with van der Waals surface area (Å²) in [5.74, 6) is 0.196. The van der Waals surface area contributed by atoms with E-state index in [1.807, 2.05) is 38.1 Å². The topological polar surface area (TPSA) is 34.5 Å². The van der Waals surface area contributed by atoms with Crippen LogP contribution in [0.1, 0.15) is 28.7 Å². The summed E-state index contributed by atoms with van der Waals surface area (Å²) < 4.78 is 7.54. The van der Waals surface area contributed by atoms with Gasteiger partial charge in [-0.3, -0.25) is 9.69 Å². The van der Waals surface area contributed by atoms with Crippen LogP contribution in [-0.2, 0) is 4.74 Å². The van der Waals surface area contributed by atoms with Gasteiger partial charge in [-0.05, 0) is 39.0 Å². The Hall–Kier alpha value is -1.91. The van der Waals surface area contributed by atoms with E-state index in [1.54, 1.807) is 0 Å². The van der Waals surface area contributed by atoms with Gasteiger partial charge in [0, 0.05) is 35.7 Å². The van der Waals surface area contributed by atoms with Crippen molar-refractivity contribution in [3.05, 3.63) is 53.3 Å². The van der Waals surface area contributed by atoms with Crippen LogP contribution < -0.4 is 0 Å². The van der Waals surface area contributed by atoms with Crippen molar-refractivity contribution in [2.24, 2.45) is 0 Å². The maximum atomic E-state index is 13.0. The molecule has 1 atom stereocenters. The number of ketones is 1. The Morgan fingerprint density at radius 2 is 1.78 bits per heavy atom. The SMILES string of the molecule is Cc1cc(C(=O)[C@@H](C)N2CCOCC2)c(C)n1-c1ccccc1. The summed E-state index contributed by atoms with van der Waals surface area (Å²) >= 11 is 0. The maximum absolute atomic E-state index is 13.0. The molecule has 122 valence electrons. The number of aryl methyl sites for hydroxylation is 1. The van der Waals surface area contributed by atoms with Gasteiger partial charge in [-0.2, -0.15) is 0 Å². The smallest absolute Gasteiger partial charge is 0.181 e. The maximum Gasteiger partial charge on any atom is 0.181 e. The van der Waals surface area contributed by atoms with Crippen LogP contribution in [0.5, 0.6) is 0 Å². The number of aromatic nitrogens is 1. The van der Waals surface area contributed by atoms with Gasteiger partial charge in [-0.15, -0.1) is 0 Å². The Labute approximate surface area is 137 Å². The molecule has 4 nitrogen and oxygen atoms in total. The van der Waals surface area contributed by atoms with Crippen LogP contribution in [0.25, 0.3) is 5.69 Å². The second-order valence-corrected chi connectivity index (χ2v) is 6.14. The van der Waals surface area contributed by atoms with Gasteiger partial charge in [0.1, 0.15) is 0 Å². The van der Waals surface area contributed by atoms with Gasteiger partial charge in [0.25, 0.3) is 0 Å². The minimum absolute atomic E-state index is 0.108. The first kappa shape index (κ1) is 16.0. The summed E-state index contributed by atoms with van der Waals surface area (Å²) in [7, 11) is 0. The number of hydrogen-bond acceptors (Lipinski definition) is 3. The molecular formula is C19H24N2O2. The average Bonchev–Trinajstić information content (AvgIpc) is 2.89. The minimum atomic E-state index is -0.108. The summed E-state index contributed by atoms with van der Waals surface area (Å²) in [5, 5.41) is 0. The van der Waals surface area contributed by atoms with Gasteiger partial charge in [-0.25, -0.2) is 0 Å². The Bertz CT molecular complexity index is 685. The van der Waals surface area contributed by atoms with Crippen LogP contribution in [0.2, 0.25) is 0 Å². The van der Waals surface area contributed by atoms with Gasteiger partial charge in [-0.1, -0.05) is 18.2 Å². The quantitative estimate of drug-likeness (QED) is 0.814. The van der Waals surface area contributed by atoms with Crippen LogP contribution in [0.15, 0.2) is 36.4 Å². The Kier molecular flexibility index (Phi) is 4.64. The van der Waals surface area contributed by atoms with Crippen LogP contribution in [0, 0.1) is 13.8 Å². The number of para-hydroxylation sites is 1.